The van der Waals surface area contributed by atoms with Gasteiger partial charge in [-0.15, -0.1) is 10.2 Å². The number of aliphatic hydroxyl groups is 2. The Kier molecular flexibility index (Phi) is 7.54. The number of carboxylic acids is 1. The molecule has 7 nitrogen and oxygen atoms in total. The fraction of sp³-hybridized carbons (Fsp3) is 0.0312. The number of hydrogen-bond acceptors (Lipinski definition) is 6. The number of nitrogens with zero attached hydrogens (tertiary/aromatic N) is 2. The Morgan fingerprint density at radius 3 is 1.31 bits per heavy atom. The zero-order chi connectivity index (χ0) is 27.2. The van der Waals surface area contributed by atoms with E-state index in [4.69, 9.17) is 9.52 Å². The van der Waals surface area contributed by atoms with Gasteiger partial charge in [-0.05, 0) is 58.7 Å². The molecule has 39 heavy (non-hydrogen) atoms. The smallest absolute Gasteiger partial charge is 0.335 e. The van der Waals surface area contributed by atoms with Crippen LogP contribution in [0.1, 0.15) is 44.5 Å². The SMILES string of the molecule is O=C(O)c1ccc(/C=C/c2ccc(-c3nnc(-c4ccc(/C=C/c5ccc(C(O)O)cc5)cc4)o3)cc2)cc1. The number of aromatic nitrogens is 2. The normalized spacial score (nSPS) is 11.6. The standard InChI is InChI=1S/C32H24N2O5/c35-31(36)27-17-9-23(10-18-27)3-1-21-5-13-25(14-6-21)29-33-34-30(39-29)26-15-7-22(8-16-26)2-4-24-11-19-28(20-12-24)32(37)38/h1-20,31,35-36H,(H,37,38)/b3-1+,4-2+. The summed E-state index contributed by atoms with van der Waals surface area (Å²) >= 11 is 0. The van der Waals surface area contributed by atoms with Gasteiger partial charge in [0, 0.05) is 16.7 Å². The van der Waals surface area contributed by atoms with Crippen LogP contribution in [0.15, 0.2) is 101 Å². The van der Waals surface area contributed by atoms with E-state index in [1.54, 1.807) is 36.4 Å². The van der Waals surface area contributed by atoms with Crippen molar-refractivity contribution in [3.63, 3.8) is 0 Å². The Balaban J connectivity index is 1.22. The lowest BCUT2D eigenvalue weighted by Crippen LogP contribution is -1.94. The lowest BCUT2D eigenvalue weighted by Gasteiger charge is -2.03. The molecule has 3 N–H and O–H groups in total. The molecule has 0 radical (unpaired) electrons. The molecule has 5 rings (SSSR count). The van der Waals surface area contributed by atoms with E-state index >= 15 is 0 Å². The van der Waals surface area contributed by atoms with Gasteiger partial charge >= 0.3 is 5.97 Å². The van der Waals surface area contributed by atoms with Gasteiger partial charge in [0.1, 0.15) is 0 Å². The monoisotopic (exact) mass is 516 g/mol. The van der Waals surface area contributed by atoms with Crippen LogP contribution in [0.5, 0.6) is 0 Å². The highest BCUT2D eigenvalue weighted by molar-refractivity contribution is 5.88. The largest absolute Gasteiger partial charge is 0.478 e. The molecule has 1 heterocycles. The highest BCUT2D eigenvalue weighted by Gasteiger charge is 2.10. The maximum Gasteiger partial charge on any atom is 0.335 e. The van der Waals surface area contributed by atoms with E-state index in [1.807, 2.05) is 85.0 Å². The Morgan fingerprint density at radius 1 is 0.590 bits per heavy atom. The van der Waals surface area contributed by atoms with Gasteiger partial charge in [0.2, 0.25) is 11.8 Å². The van der Waals surface area contributed by atoms with Crippen LogP contribution < -0.4 is 0 Å². The van der Waals surface area contributed by atoms with E-state index < -0.39 is 12.3 Å². The molecule has 5 aromatic rings. The average Bonchev–Trinajstić information content (AvgIpc) is 3.46. The maximum atomic E-state index is 11.0. The number of hydrogen-bond donors (Lipinski definition) is 3. The number of aromatic carboxylic acids is 1. The van der Waals surface area contributed by atoms with Crippen LogP contribution in [-0.4, -0.2) is 31.5 Å². The Hall–Kier alpha value is -5.11. The minimum absolute atomic E-state index is 0.257. The summed E-state index contributed by atoms with van der Waals surface area (Å²) in [5, 5.41) is 35.8. The lowest BCUT2D eigenvalue weighted by atomic mass is 10.1. The van der Waals surface area contributed by atoms with Gasteiger partial charge < -0.3 is 19.7 Å². The van der Waals surface area contributed by atoms with Gasteiger partial charge in [0.05, 0.1) is 5.56 Å². The van der Waals surface area contributed by atoms with Gasteiger partial charge in [-0.1, -0.05) is 85.0 Å². The molecule has 0 amide bonds. The third-order valence-corrected chi connectivity index (χ3v) is 6.07. The maximum absolute atomic E-state index is 11.0. The number of rotatable bonds is 8. The number of carboxylic acid groups (broad SMARTS) is 1. The van der Waals surface area contributed by atoms with Crippen LogP contribution in [0.4, 0.5) is 0 Å². The van der Waals surface area contributed by atoms with Gasteiger partial charge in [-0.2, -0.15) is 0 Å². The quantitative estimate of drug-likeness (QED) is 0.161. The molecule has 0 saturated heterocycles. The topological polar surface area (TPSA) is 117 Å². The summed E-state index contributed by atoms with van der Waals surface area (Å²) in [4.78, 5) is 11.0. The van der Waals surface area contributed by atoms with E-state index in [2.05, 4.69) is 10.2 Å². The predicted molar refractivity (Wildman–Crippen MR) is 150 cm³/mol. The van der Waals surface area contributed by atoms with Gasteiger partial charge in [0.15, 0.2) is 6.29 Å². The van der Waals surface area contributed by atoms with Crippen molar-refractivity contribution in [2.24, 2.45) is 0 Å². The molecular formula is C32H24N2O5. The highest BCUT2D eigenvalue weighted by Crippen LogP contribution is 2.25. The van der Waals surface area contributed by atoms with Gasteiger partial charge in [-0.3, -0.25) is 0 Å². The van der Waals surface area contributed by atoms with E-state index in [-0.39, 0.29) is 5.56 Å². The summed E-state index contributed by atoms with van der Waals surface area (Å²) in [5.41, 5.74) is 6.14. The van der Waals surface area contributed by atoms with E-state index in [9.17, 15) is 15.0 Å². The second-order valence-electron chi connectivity index (χ2n) is 8.79. The van der Waals surface area contributed by atoms with Crippen molar-refractivity contribution in [1.82, 2.24) is 10.2 Å². The predicted octanol–water partition coefficient (Wildman–Crippen LogP) is 6.43. The van der Waals surface area contributed by atoms with E-state index in [1.165, 1.54) is 0 Å². The van der Waals surface area contributed by atoms with Crippen molar-refractivity contribution >= 4 is 30.3 Å². The van der Waals surface area contributed by atoms with Crippen molar-refractivity contribution < 1.29 is 24.5 Å². The number of benzene rings is 4. The Bertz CT molecular complexity index is 1610. The molecule has 0 fully saturated rings. The Morgan fingerprint density at radius 2 is 0.949 bits per heavy atom. The number of aliphatic hydroxyl groups excluding tert-OH is 1. The first-order chi connectivity index (χ1) is 18.9. The molecule has 0 aliphatic heterocycles. The molecule has 192 valence electrons. The van der Waals surface area contributed by atoms with Crippen LogP contribution >= 0.6 is 0 Å². The summed E-state index contributed by atoms with van der Waals surface area (Å²) in [6.07, 6.45) is 6.31. The average molecular weight is 517 g/mol. The molecular weight excluding hydrogens is 492 g/mol. The molecule has 4 aromatic carbocycles. The van der Waals surface area contributed by atoms with Crippen LogP contribution in [0.25, 0.3) is 47.2 Å². The molecule has 1 aromatic heterocycles. The second kappa shape index (κ2) is 11.5. The summed E-state index contributed by atoms with van der Waals surface area (Å²) in [6, 6.07) is 29.1. The molecule has 0 unspecified atom stereocenters. The molecule has 0 bridgehead atoms. The molecule has 0 spiro atoms. The molecule has 0 aliphatic rings. The van der Waals surface area contributed by atoms with E-state index in [0.717, 1.165) is 33.4 Å². The first kappa shape index (κ1) is 25.5. The fourth-order valence-corrected chi connectivity index (χ4v) is 3.83. The van der Waals surface area contributed by atoms with Crippen LogP contribution in [0.3, 0.4) is 0 Å². The summed E-state index contributed by atoms with van der Waals surface area (Å²) in [5.74, 6) is -0.0988. The van der Waals surface area contributed by atoms with Crippen LogP contribution in [0, 0.1) is 0 Å². The summed E-state index contributed by atoms with van der Waals surface area (Å²) in [6.45, 7) is 0. The van der Waals surface area contributed by atoms with Gasteiger partial charge in [0.25, 0.3) is 0 Å². The lowest BCUT2D eigenvalue weighted by molar-refractivity contribution is -0.0424. The first-order valence-electron chi connectivity index (χ1n) is 12.1. The van der Waals surface area contributed by atoms with E-state index in [0.29, 0.717) is 17.3 Å². The number of carbonyl (C=O) groups is 1. The minimum atomic E-state index is -1.47. The third kappa shape index (κ3) is 6.42. The van der Waals surface area contributed by atoms with Crippen LogP contribution in [0.2, 0.25) is 0 Å². The highest BCUT2D eigenvalue weighted by atomic mass is 16.5. The zero-order valence-electron chi connectivity index (χ0n) is 20.7. The minimum Gasteiger partial charge on any atom is -0.478 e. The zero-order valence-corrected chi connectivity index (χ0v) is 20.7. The molecule has 7 heteroatoms. The summed E-state index contributed by atoms with van der Waals surface area (Å²) in [7, 11) is 0. The van der Waals surface area contributed by atoms with Crippen molar-refractivity contribution in [2.75, 3.05) is 0 Å². The fourth-order valence-electron chi connectivity index (χ4n) is 3.83. The molecule has 0 aliphatic carbocycles. The second-order valence-corrected chi connectivity index (χ2v) is 8.79. The third-order valence-electron chi connectivity index (χ3n) is 6.07. The van der Waals surface area contributed by atoms with Crippen molar-refractivity contribution in [1.29, 1.82) is 0 Å². The van der Waals surface area contributed by atoms with Crippen molar-refractivity contribution in [3.05, 3.63) is 130 Å². The molecule has 0 atom stereocenters. The molecule has 0 saturated carbocycles. The first-order valence-corrected chi connectivity index (χ1v) is 12.1. The summed E-state index contributed by atoms with van der Waals surface area (Å²) < 4.78 is 5.91. The Labute approximate surface area is 224 Å². The van der Waals surface area contributed by atoms with Gasteiger partial charge in [-0.25, -0.2) is 4.79 Å². The van der Waals surface area contributed by atoms with Crippen LogP contribution in [-0.2, 0) is 0 Å². The van der Waals surface area contributed by atoms with Crippen molar-refractivity contribution in [3.8, 4) is 22.9 Å². The van der Waals surface area contributed by atoms with Crippen molar-refractivity contribution in [2.45, 2.75) is 6.29 Å².